The first kappa shape index (κ1) is 21.6. The van der Waals surface area contributed by atoms with Crippen molar-refractivity contribution in [2.24, 2.45) is 0 Å². The maximum Gasteiger partial charge on any atom is 0.337 e. The summed E-state index contributed by atoms with van der Waals surface area (Å²) in [5.74, 6) is -0.427. The minimum atomic E-state index is -1.09. The average Bonchev–Trinajstić information content (AvgIpc) is 2.77. The minimum absolute atomic E-state index is 0.243. The molecule has 0 amide bonds. The third-order valence-electron chi connectivity index (χ3n) is 4.35. The number of hydrogen-bond donors (Lipinski definition) is 3. The van der Waals surface area contributed by atoms with Crippen LogP contribution in [0.25, 0.3) is 0 Å². The van der Waals surface area contributed by atoms with Crippen molar-refractivity contribution in [3.8, 4) is 0 Å². The number of hydrogen-bond acceptors (Lipinski definition) is 7. The fourth-order valence-corrected chi connectivity index (χ4v) is 4.54. The van der Waals surface area contributed by atoms with E-state index in [1.54, 1.807) is 42.7 Å². The summed E-state index contributed by atoms with van der Waals surface area (Å²) in [5, 5.41) is 8.55. The second kappa shape index (κ2) is 9.60. The Hall–Kier alpha value is -3.10. The Balaban J connectivity index is 1.81. The number of rotatable bonds is 7. The first-order valence-corrected chi connectivity index (χ1v) is 11.3. The predicted molar refractivity (Wildman–Crippen MR) is 123 cm³/mol. The molecule has 0 aromatic heterocycles. The Morgan fingerprint density at radius 3 is 2.40 bits per heavy atom. The summed E-state index contributed by atoms with van der Waals surface area (Å²) in [7, 11) is 0.233. The third-order valence-corrected chi connectivity index (χ3v) is 6.37. The summed E-state index contributed by atoms with van der Waals surface area (Å²) in [5.41, 5.74) is 9.20. The number of carbonyl (C=O) groups is 1. The number of benzene rings is 3. The Bertz CT molecular complexity index is 1110. The fraction of sp³-hybridized carbons (Fsp3) is 0.0909. The summed E-state index contributed by atoms with van der Waals surface area (Å²) in [6.45, 7) is 0. The summed E-state index contributed by atoms with van der Waals surface area (Å²) < 4.78 is 19.8. The van der Waals surface area contributed by atoms with Gasteiger partial charge in [0, 0.05) is 33.7 Å². The van der Waals surface area contributed by atoms with E-state index in [0.717, 1.165) is 15.5 Å². The molecule has 4 N–H and O–H groups in total. The van der Waals surface area contributed by atoms with E-state index in [2.05, 4.69) is 4.72 Å². The van der Waals surface area contributed by atoms with Gasteiger partial charge in [-0.05, 0) is 54.4 Å². The molecule has 1 atom stereocenters. The van der Waals surface area contributed by atoms with Crippen LogP contribution in [-0.4, -0.2) is 29.3 Å². The predicted octanol–water partition coefficient (Wildman–Crippen LogP) is 4.33. The van der Waals surface area contributed by atoms with E-state index >= 15 is 0 Å². The van der Waals surface area contributed by atoms with E-state index in [4.69, 9.17) is 15.9 Å². The molecule has 0 bridgehead atoms. The van der Waals surface area contributed by atoms with Gasteiger partial charge in [-0.3, -0.25) is 9.62 Å². The zero-order valence-electron chi connectivity index (χ0n) is 16.5. The van der Waals surface area contributed by atoms with Crippen LogP contribution in [0.5, 0.6) is 0 Å². The largest absolute Gasteiger partial charge is 0.465 e. The van der Waals surface area contributed by atoms with Crippen molar-refractivity contribution >= 4 is 45.8 Å². The minimum Gasteiger partial charge on any atom is -0.465 e. The fourth-order valence-electron chi connectivity index (χ4n) is 2.77. The van der Waals surface area contributed by atoms with Gasteiger partial charge in [-0.1, -0.05) is 24.3 Å². The molecule has 154 valence electrons. The third kappa shape index (κ3) is 4.90. The maximum absolute atomic E-state index is 11.9. The van der Waals surface area contributed by atoms with Crippen LogP contribution in [0, 0.1) is 5.41 Å². The van der Waals surface area contributed by atoms with E-state index in [1.165, 1.54) is 19.1 Å². The molecule has 0 spiro atoms. The lowest BCUT2D eigenvalue weighted by molar-refractivity contribution is 0.0600. The van der Waals surface area contributed by atoms with Gasteiger partial charge in [0.15, 0.2) is 0 Å². The van der Waals surface area contributed by atoms with Crippen LogP contribution in [0.2, 0.25) is 0 Å². The molecule has 0 saturated heterocycles. The van der Waals surface area contributed by atoms with Gasteiger partial charge in [0.05, 0.1) is 34.1 Å². The van der Waals surface area contributed by atoms with Gasteiger partial charge >= 0.3 is 5.97 Å². The summed E-state index contributed by atoms with van der Waals surface area (Å²) >= 11 is 1.35. The Morgan fingerprint density at radius 2 is 1.73 bits per heavy atom. The number of ether oxygens (including phenoxy) is 1. The molecule has 0 radical (unpaired) electrons. The van der Waals surface area contributed by atoms with E-state index in [9.17, 15) is 9.00 Å². The Morgan fingerprint density at radius 1 is 1.07 bits per heavy atom. The number of carbonyl (C=O) groups excluding carboxylic acids is 1. The molecule has 0 fully saturated rings. The molecular formula is C22H21N3O3S2. The highest BCUT2D eigenvalue weighted by Gasteiger charge is 2.12. The molecule has 3 aromatic rings. The van der Waals surface area contributed by atoms with E-state index in [0.29, 0.717) is 22.4 Å². The molecule has 0 aliphatic rings. The standard InChI is InChI=1S/C22H21N3O3S2/c1-28-22(26)15-9-7-14(8-10-15)21(24)17-13-16(11-12-18(17)23)25-29-19-5-3-4-6-20(19)30(2)27/h3-13,24-25H,23H2,1-2H3. The van der Waals surface area contributed by atoms with Crippen LogP contribution in [0.1, 0.15) is 21.5 Å². The summed E-state index contributed by atoms with van der Waals surface area (Å²) in [6.07, 6.45) is 1.65. The van der Waals surface area contributed by atoms with E-state index in [-0.39, 0.29) is 5.71 Å². The number of nitrogens with one attached hydrogen (secondary N) is 2. The van der Waals surface area contributed by atoms with Gasteiger partial charge < -0.3 is 15.2 Å². The zero-order valence-corrected chi connectivity index (χ0v) is 18.1. The number of esters is 1. The number of anilines is 2. The molecule has 6 nitrogen and oxygen atoms in total. The molecule has 0 heterocycles. The summed E-state index contributed by atoms with van der Waals surface area (Å²) in [4.78, 5) is 13.2. The zero-order chi connectivity index (χ0) is 21.7. The van der Waals surface area contributed by atoms with Gasteiger partial charge in [0.25, 0.3) is 0 Å². The highest BCUT2D eigenvalue weighted by molar-refractivity contribution is 8.01. The van der Waals surface area contributed by atoms with Gasteiger partial charge in [-0.15, -0.1) is 0 Å². The Kier molecular flexibility index (Phi) is 6.91. The van der Waals surface area contributed by atoms with Crippen LogP contribution in [0.15, 0.2) is 76.5 Å². The number of nitrogens with two attached hydrogens (primary N) is 1. The number of methoxy groups -OCH3 is 1. The molecule has 1 unspecified atom stereocenters. The van der Waals surface area contributed by atoms with Gasteiger partial charge in [-0.25, -0.2) is 4.79 Å². The molecule has 0 saturated carbocycles. The van der Waals surface area contributed by atoms with Crippen LogP contribution in [0.3, 0.4) is 0 Å². The van der Waals surface area contributed by atoms with E-state index < -0.39 is 16.8 Å². The van der Waals surface area contributed by atoms with E-state index in [1.807, 2.05) is 30.3 Å². The van der Waals surface area contributed by atoms with Crippen molar-refractivity contribution in [2.45, 2.75) is 9.79 Å². The van der Waals surface area contributed by atoms with Crippen molar-refractivity contribution in [2.75, 3.05) is 23.8 Å². The highest BCUT2D eigenvalue weighted by Crippen LogP contribution is 2.28. The molecule has 8 heteroatoms. The quantitative estimate of drug-likeness (QED) is 0.219. The van der Waals surface area contributed by atoms with Crippen LogP contribution < -0.4 is 10.5 Å². The highest BCUT2D eigenvalue weighted by atomic mass is 32.2. The smallest absolute Gasteiger partial charge is 0.337 e. The van der Waals surface area contributed by atoms with Gasteiger partial charge in [-0.2, -0.15) is 0 Å². The van der Waals surface area contributed by atoms with Crippen molar-refractivity contribution < 1.29 is 13.7 Å². The maximum atomic E-state index is 11.9. The molecule has 3 rings (SSSR count). The van der Waals surface area contributed by atoms with Crippen molar-refractivity contribution in [3.05, 3.63) is 83.4 Å². The molecule has 0 aliphatic heterocycles. The van der Waals surface area contributed by atoms with Crippen LogP contribution >= 0.6 is 11.9 Å². The molecular weight excluding hydrogens is 418 g/mol. The Labute approximate surface area is 181 Å². The lowest BCUT2D eigenvalue weighted by atomic mass is 9.99. The molecule has 3 aromatic carbocycles. The lowest BCUT2D eigenvalue weighted by Crippen LogP contribution is -2.07. The second-order valence-corrected chi connectivity index (χ2v) is 8.55. The van der Waals surface area contributed by atoms with Crippen LogP contribution in [-0.2, 0) is 15.5 Å². The summed E-state index contributed by atoms with van der Waals surface area (Å²) in [6, 6.07) is 19.5. The van der Waals surface area contributed by atoms with Crippen molar-refractivity contribution in [1.29, 1.82) is 5.41 Å². The number of nitrogen functional groups attached to an aromatic ring is 1. The van der Waals surface area contributed by atoms with Crippen molar-refractivity contribution in [3.63, 3.8) is 0 Å². The topological polar surface area (TPSA) is 105 Å². The van der Waals surface area contributed by atoms with Gasteiger partial charge in [0.2, 0.25) is 0 Å². The lowest BCUT2D eigenvalue weighted by Gasteiger charge is -2.13. The average molecular weight is 440 g/mol. The normalized spacial score (nSPS) is 11.5. The van der Waals surface area contributed by atoms with Crippen LogP contribution in [0.4, 0.5) is 11.4 Å². The SMILES string of the molecule is COC(=O)c1ccc(C(=N)c2cc(NSc3ccccc3S(C)=O)ccc2N)cc1. The van der Waals surface area contributed by atoms with Gasteiger partial charge in [0.1, 0.15) is 0 Å². The first-order chi connectivity index (χ1) is 14.4. The first-order valence-electron chi connectivity index (χ1n) is 8.93. The monoisotopic (exact) mass is 439 g/mol. The second-order valence-electron chi connectivity index (χ2n) is 6.35. The molecule has 0 aliphatic carbocycles. The molecule has 30 heavy (non-hydrogen) atoms. The van der Waals surface area contributed by atoms with Crippen molar-refractivity contribution in [1.82, 2.24) is 0 Å².